The maximum atomic E-state index is 12.1. The number of rotatable bonds is 7. The maximum Gasteiger partial charge on any atom is 0.333 e. The van der Waals surface area contributed by atoms with E-state index in [1.165, 1.54) is 50.3 Å². The van der Waals surface area contributed by atoms with Crippen molar-refractivity contribution in [2.24, 2.45) is 5.92 Å². The molecule has 3 nitrogen and oxygen atoms in total. The first kappa shape index (κ1) is 21.9. The smallest absolute Gasteiger partial charge is 0.333 e. The fourth-order valence-electron chi connectivity index (χ4n) is 5.14. The molecule has 2 atom stereocenters. The molecule has 0 N–H and O–H groups in total. The molecule has 0 bridgehead atoms. The van der Waals surface area contributed by atoms with E-state index in [0.717, 1.165) is 24.2 Å². The topological polar surface area (TPSA) is 35.5 Å². The summed E-state index contributed by atoms with van der Waals surface area (Å²) in [4.78, 5) is 12.1. The van der Waals surface area contributed by atoms with E-state index in [1.54, 1.807) is 0 Å². The SMILES string of the molecule is CCCCCCC(C)(C)c1ccc2c(c1)OC(C)(C)[C@@H]1CC=C(C(=O)OC)C[C@@H]21. The minimum atomic E-state index is -0.250. The van der Waals surface area contributed by atoms with Crippen molar-refractivity contribution in [1.82, 2.24) is 0 Å². The molecule has 0 spiro atoms. The van der Waals surface area contributed by atoms with Gasteiger partial charge in [0, 0.05) is 11.5 Å². The van der Waals surface area contributed by atoms with Gasteiger partial charge in [-0.3, -0.25) is 0 Å². The van der Waals surface area contributed by atoms with Gasteiger partial charge in [-0.25, -0.2) is 4.79 Å². The summed E-state index contributed by atoms with van der Waals surface area (Å²) in [5.74, 6) is 1.48. The van der Waals surface area contributed by atoms with Crippen molar-refractivity contribution in [1.29, 1.82) is 0 Å². The molecule has 29 heavy (non-hydrogen) atoms. The second kappa shape index (κ2) is 8.53. The van der Waals surface area contributed by atoms with Crippen molar-refractivity contribution in [3.63, 3.8) is 0 Å². The molecule has 0 fully saturated rings. The van der Waals surface area contributed by atoms with Gasteiger partial charge in [-0.05, 0) is 61.6 Å². The molecule has 3 heteroatoms. The third-order valence-electron chi connectivity index (χ3n) is 7.11. The molecule has 1 aliphatic heterocycles. The van der Waals surface area contributed by atoms with Crippen molar-refractivity contribution in [3.8, 4) is 5.75 Å². The third kappa shape index (κ3) is 4.54. The zero-order valence-corrected chi connectivity index (χ0v) is 19.1. The Morgan fingerprint density at radius 2 is 2.00 bits per heavy atom. The first-order chi connectivity index (χ1) is 13.7. The standard InChI is InChI=1S/C26H38O3/c1-7-8-9-10-15-25(2,3)19-12-13-20-21-16-18(24(27)28-6)11-14-22(21)26(4,5)29-23(20)17-19/h11-13,17,21-22H,7-10,14-16H2,1-6H3/t21-,22+/m0/s1. The van der Waals surface area contributed by atoms with Gasteiger partial charge < -0.3 is 9.47 Å². The Hall–Kier alpha value is -1.77. The van der Waals surface area contributed by atoms with E-state index >= 15 is 0 Å². The molecule has 1 aromatic carbocycles. The van der Waals surface area contributed by atoms with E-state index in [4.69, 9.17) is 9.47 Å². The van der Waals surface area contributed by atoms with E-state index in [1.807, 2.05) is 0 Å². The molecule has 160 valence electrons. The van der Waals surface area contributed by atoms with Crippen LogP contribution in [-0.4, -0.2) is 18.7 Å². The van der Waals surface area contributed by atoms with E-state index < -0.39 is 0 Å². The second-order valence-electron chi connectivity index (χ2n) is 10.0. The summed E-state index contributed by atoms with van der Waals surface area (Å²) in [5, 5.41) is 0. The Bertz CT molecular complexity index is 772. The van der Waals surface area contributed by atoms with Crippen LogP contribution in [0.2, 0.25) is 0 Å². The number of allylic oxidation sites excluding steroid dienone is 1. The first-order valence-electron chi connectivity index (χ1n) is 11.3. The van der Waals surface area contributed by atoms with Crippen LogP contribution in [0.5, 0.6) is 5.75 Å². The fourth-order valence-corrected chi connectivity index (χ4v) is 5.14. The van der Waals surface area contributed by atoms with E-state index in [2.05, 4.69) is 58.9 Å². The van der Waals surface area contributed by atoms with Crippen molar-refractivity contribution in [2.45, 2.75) is 96.5 Å². The van der Waals surface area contributed by atoms with Crippen LogP contribution in [0.1, 0.15) is 96.6 Å². The molecule has 1 aromatic rings. The molecule has 0 aromatic heterocycles. The second-order valence-corrected chi connectivity index (χ2v) is 10.0. The maximum absolute atomic E-state index is 12.1. The summed E-state index contributed by atoms with van der Waals surface area (Å²) in [5.41, 5.74) is 3.28. The Morgan fingerprint density at radius 1 is 1.24 bits per heavy atom. The summed E-state index contributed by atoms with van der Waals surface area (Å²) in [6.45, 7) is 11.3. The van der Waals surface area contributed by atoms with Crippen LogP contribution >= 0.6 is 0 Å². The van der Waals surface area contributed by atoms with Gasteiger partial charge >= 0.3 is 5.97 Å². The highest BCUT2D eigenvalue weighted by Crippen LogP contribution is 2.52. The third-order valence-corrected chi connectivity index (χ3v) is 7.11. The average Bonchev–Trinajstić information content (AvgIpc) is 2.69. The lowest BCUT2D eigenvalue weighted by molar-refractivity contribution is -0.136. The van der Waals surface area contributed by atoms with E-state index in [-0.39, 0.29) is 17.0 Å². The minimum Gasteiger partial charge on any atom is -0.487 e. The van der Waals surface area contributed by atoms with Gasteiger partial charge in [-0.2, -0.15) is 0 Å². The fraction of sp³-hybridized carbons (Fsp3) is 0.654. The van der Waals surface area contributed by atoms with Crippen LogP contribution in [0.4, 0.5) is 0 Å². The van der Waals surface area contributed by atoms with Crippen LogP contribution < -0.4 is 4.74 Å². The highest BCUT2D eigenvalue weighted by Gasteiger charge is 2.45. The Balaban J connectivity index is 1.87. The van der Waals surface area contributed by atoms with Gasteiger partial charge in [0.2, 0.25) is 0 Å². The molecule has 2 aliphatic rings. The summed E-state index contributed by atoms with van der Waals surface area (Å²) in [6.07, 6.45) is 9.99. The largest absolute Gasteiger partial charge is 0.487 e. The van der Waals surface area contributed by atoms with Crippen molar-refractivity contribution >= 4 is 5.97 Å². The first-order valence-corrected chi connectivity index (χ1v) is 11.3. The molecule has 0 saturated heterocycles. The monoisotopic (exact) mass is 398 g/mol. The van der Waals surface area contributed by atoms with E-state index in [0.29, 0.717) is 11.8 Å². The molecular formula is C26H38O3. The molecule has 0 radical (unpaired) electrons. The number of unbranched alkanes of at least 4 members (excludes halogenated alkanes) is 3. The summed E-state index contributed by atoms with van der Waals surface area (Å²) >= 11 is 0. The molecule has 0 unspecified atom stereocenters. The Kier molecular flexibility index (Phi) is 6.45. The van der Waals surface area contributed by atoms with Gasteiger partial charge in [0.15, 0.2) is 0 Å². The van der Waals surface area contributed by atoms with Crippen LogP contribution in [0.3, 0.4) is 0 Å². The predicted octanol–water partition coefficient (Wildman–Crippen LogP) is 6.70. The lowest BCUT2D eigenvalue weighted by Gasteiger charge is -2.47. The summed E-state index contributed by atoms with van der Waals surface area (Å²) < 4.78 is 11.5. The lowest BCUT2D eigenvalue weighted by Crippen LogP contribution is -2.45. The van der Waals surface area contributed by atoms with E-state index in [9.17, 15) is 4.79 Å². The Labute approximate surface area is 176 Å². The van der Waals surface area contributed by atoms with Gasteiger partial charge in [0.1, 0.15) is 11.4 Å². The number of carbonyl (C=O) groups excluding carboxylic acids is 1. The molecule has 0 saturated carbocycles. The van der Waals surface area contributed by atoms with Gasteiger partial charge in [0.05, 0.1) is 7.11 Å². The Morgan fingerprint density at radius 3 is 2.69 bits per heavy atom. The lowest BCUT2D eigenvalue weighted by atomic mass is 9.66. The van der Waals surface area contributed by atoms with Gasteiger partial charge in [0.25, 0.3) is 0 Å². The molecular weight excluding hydrogens is 360 g/mol. The van der Waals surface area contributed by atoms with Crippen LogP contribution in [0, 0.1) is 5.92 Å². The molecule has 1 aliphatic carbocycles. The normalized spacial score (nSPS) is 22.8. The van der Waals surface area contributed by atoms with Gasteiger partial charge in [-0.15, -0.1) is 0 Å². The number of carbonyl (C=O) groups is 1. The van der Waals surface area contributed by atoms with Crippen LogP contribution in [0.15, 0.2) is 29.8 Å². The van der Waals surface area contributed by atoms with Gasteiger partial charge in [-0.1, -0.05) is 64.7 Å². The minimum absolute atomic E-state index is 0.136. The number of esters is 1. The molecule has 3 rings (SSSR count). The number of benzene rings is 1. The highest BCUT2D eigenvalue weighted by molar-refractivity contribution is 5.88. The highest BCUT2D eigenvalue weighted by atomic mass is 16.5. The number of hydrogen-bond donors (Lipinski definition) is 0. The number of hydrogen-bond acceptors (Lipinski definition) is 3. The zero-order chi connectivity index (χ0) is 21.2. The quantitative estimate of drug-likeness (QED) is 0.379. The summed E-state index contributed by atoms with van der Waals surface area (Å²) in [7, 11) is 1.46. The average molecular weight is 399 g/mol. The molecule has 0 amide bonds. The van der Waals surface area contributed by atoms with Crippen molar-refractivity contribution in [3.05, 3.63) is 41.0 Å². The van der Waals surface area contributed by atoms with Crippen LogP contribution in [-0.2, 0) is 14.9 Å². The zero-order valence-electron chi connectivity index (χ0n) is 19.1. The van der Waals surface area contributed by atoms with Crippen LogP contribution in [0.25, 0.3) is 0 Å². The van der Waals surface area contributed by atoms with Crippen molar-refractivity contribution in [2.75, 3.05) is 7.11 Å². The predicted molar refractivity (Wildman–Crippen MR) is 118 cm³/mol. The number of methoxy groups -OCH3 is 1. The van der Waals surface area contributed by atoms with Crippen molar-refractivity contribution < 1.29 is 14.3 Å². The summed E-state index contributed by atoms with van der Waals surface area (Å²) in [6, 6.07) is 6.81. The number of ether oxygens (including phenoxy) is 2. The molecule has 1 heterocycles. The number of fused-ring (bicyclic) bond motifs is 3.